The van der Waals surface area contributed by atoms with Crippen molar-refractivity contribution in [3.05, 3.63) is 71.5 Å². The molecule has 0 bridgehead atoms. The lowest BCUT2D eigenvalue weighted by atomic mass is 9.72. The summed E-state index contributed by atoms with van der Waals surface area (Å²) in [5.41, 5.74) is 1.46. The van der Waals surface area contributed by atoms with Crippen LogP contribution in [0, 0.1) is 5.82 Å². The Bertz CT molecular complexity index is 913. The quantitative estimate of drug-likeness (QED) is 0.529. The molecule has 0 aliphatic carbocycles. The van der Waals surface area contributed by atoms with Gasteiger partial charge in [0.2, 0.25) is 5.91 Å². The molecule has 3 amide bonds. The number of nitrogens with zero attached hydrogens (tertiary/aromatic N) is 1. The van der Waals surface area contributed by atoms with E-state index in [9.17, 15) is 18.8 Å². The largest absolute Gasteiger partial charge is 0.354 e. The summed E-state index contributed by atoms with van der Waals surface area (Å²) < 4.78 is 13.0. The van der Waals surface area contributed by atoms with Gasteiger partial charge in [0.15, 0.2) is 0 Å². The van der Waals surface area contributed by atoms with Crippen molar-refractivity contribution in [2.24, 2.45) is 0 Å². The van der Waals surface area contributed by atoms with Crippen molar-refractivity contribution >= 4 is 29.3 Å². The third-order valence-electron chi connectivity index (χ3n) is 5.70. The van der Waals surface area contributed by atoms with Gasteiger partial charge < -0.3 is 15.5 Å². The number of carbonyl (C=O) groups is 3. The molecule has 6 nitrogen and oxygen atoms in total. The fraction of sp³-hybridized carbons (Fsp3) is 0.348. The van der Waals surface area contributed by atoms with E-state index in [1.54, 1.807) is 12.1 Å². The average Bonchev–Trinajstić information content (AvgIpc) is 2.82. The molecule has 8 heteroatoms. The van der Waals surface area contributed by atoms with Gasteiger partial charge in [-0.1, -0.05) is 42.5 Å². The molecule has 0 spiro atoms. The Labute approximate surface area is 185 Å². The monoisotopic (exact) mass is 445 g/mol. The Balaban J connectivity index is 1.60. The third kappa shape index (κ3) is 5.82. The van der Waals surface area contributed by atoms with Crippen LogP contribution in [0.25, 0.3) is 0 Å². The zero-order valence-corrected chi connectivity index (χ0v) is 17.8. The molecule has 0 unspecified atom stereocenters. The number of carbonyl (C=O) groups excluding carboxylic acids is 3. The van der Waals surface area contributed by atoms with Crippen LogP contribution in [-0.2, 0) is 26.3 Å². The van der Waals surface area contributed by atoms with Gasteiger partial charge >= 0.3 is 11.8 Å². The van der Waals surface area contributed by atoms with Crippen molar-refractivity contribution in [3.63, 3.8) is 0 Å². The second kappa shape index (κ2) is 10.4. The number of hydrogen-bond acceptors (Lipinski definition) is 3. The van der Waals surface area contributed by atoms with E-state index in [1.807, 2.05) is 30.3 Å². The molecule has 2 aromatic carbocycles. The molecule has 1 aliphatic heterocycles. The van der Waals surface area contributed by atoms with Crippen molar-refractivity contribution in [3.8, 4) is 0 Å². The Morgan fingerprint density at radius 2 is 1.61 bits per heavy atom. The van der Waals surface area contributed by atoms with E-state index in [0.29, 0.717) is 38.0 Å². The van der Waals surface area contributed by atoms with Crippen LogP contribution in [-0.4, -0.2) is 48.1 Å². The van der Waals surface area contributed by atoms with Crippen LogP contribution in [0.15, 0.2) is 54.6 Å². The minimum absolute atomic E-state index is 0.107. The number of likely N-dealkylation sites (tertiary alicyclic amines) is 1. The van der Waals surface area contributed by atoms with Crippen molar-refractivity contribution in [2.45, 2.75) is 24.8 Å². The van der Waals surface area contributed by atoms with E-state index in [2.05, 4.69) is 10.6 Å². The predicted octanol–water partition coefficient (Wildman–Crippen LogP) is 2.36. The number of hydrogen-bond donors (Lipinski definition) is 2. The number of halogens is 2. The van der Waals surface area contributed by atoms with Crippen LogP contribution in [0.4, 0.5) is 4.39 Å². The van der Waals surface area contributed by atoms with Gasteiger partial charge in [0.1, 0.15) is 11.7 Å². The molecule has 1 aliphatic rings. The van der Waals surface area contributed by atoms with Crippen molar-refractivity contribution in [1.82, 2.24) is 15.5 Å². The molecular formula is C23H25ClFN3O3. The third-order valence-corrected chi connectivity index (χ3v) is 5.94. The molecule has 2 aromatic rings. The minimum atomic E-state index is -0.688. The van der Waals surface area contributed by atoms with Crippen molar-refractivity contribution < 1.29 is 18.8 Å². The lowest BCUT2D eigenvalue weighted by Crippen LogP contribution is -2.53. The summed E-state index contributed by atoms with van der Waals surface area (Å²) in [5, 5.41) is 5.46. The lowest BCUT2D eigenvalue weighted by molar-refractivity contribution is -0.147. The summed E-state index contributed by atoms with van der Waals surface area (Å²) in [7, 11) is 0. The van der Waals surface area contributed by atoms with Gasteiger partial charge in [-0.05, 0) is 36.1 Å². The first-order valence-electron chi connectivity index (χ1n) is 10.1. The van der Waals surface area contributed by atoms with E-state index < -0.39 is 11.8 Å². The van der Waals surface area contributed by atoms with E-state index in [0.717, 1.165) is 5.56 Å². The summed E-state index contributed by atoms with van der Waals surface area (Å²) in [5.74, 6) is -1.98. The Morgan fingerprint density at radius 1 is 0.968 bits per heavy atom. The normalized spacial score (nSPS) is 15.2. The molecule has 0 atom stereocenters. The highest BCUT2D eigenvalue weighted by atomic mass is 35.5. The van der Waals surface area contributed by atoms with E-state index in [4.69, 9.17) is 11.6 Å². The maximum Gasteiger partial charge on any atom is 0.311 e. The summed E-state index contributed by atoms with van der Waals surface area (Å²) >= 11 is 5.61. The second-order valence-corrected chi connectivity index (χ2v) is 7.93. The predicted molar refractivity (Wildman–Crippen MR) is 116 cm³/mol. The standard InChI is InChI=1S/C23H25ClFN3O3/c24-14-20(29)27-16-23(18-4-2-1-3-5-18)10-12-28(13-11-23)22(31)21(30)26-15-17-6-8-19(25)9-7-17/h1-9H,10-16H2,(H,26,30)(H,27,29). The van der Waals surface area contributed by atoms with Gasteiger partial charge in [0, 0.05) is 31.6 Å². The number of amides is 3. The first-order chi connectivity index (χ1) is 14.9. The van der Waals surface area contributed by atoms with Gasteiger partial charge in [-0.25, -0.2) is 4.39 Å². The van der Waals surface area contributed by atoms with Crippen LogP contribution < -0.4 is 10.6 Å². The van der Waals surface area contributed by atoms with Crippen LogP contribution in [0.1, 0.15) is 24.0 Å². The summed E-state index contributed by atoms with van der Waals surface area (Å²) in [4.78, 5) is 38.2. The summed E-state index contributed by atoms with van der Waals surface area (Å²) in [6.45, 7) is 1.36. The molecule has 3 rings (SSSR count). The first-order valence-corrected chi connectivity index (χ1v) is 10.7. The number of alkyl halides is 1. The molecule has 0 aromatic heterocycles. The van der Waals surface area contributed by atoms with E-state index in [-0.39, 0.29) is 29.6 Å². The minimum Gasteiger partial charge on any atom is -0.354 e. The molecule has 0 radical (unpaired) electrons. The SMILES string of the molecule is O=C(CCl)NCC1(c2ccccc2)CCN(C(=O)C(=O)NCc2ccc(F)cc2)CC1. The molecule has 31 heavy (non-hydrogen) atoms. The molecule has 2 N–H and O–H groups in total. The molecular weight excluding hydrogens is 421 g/mol. The zero-order valence-electron chi connectivity index (χ0n) is 17.1. The molecule has 1 heterocycles. The van der Waals surface area contributed by atoms with Crippen LogP contribution >= 0.6 is 11.6 Å². The Kier molecular flexibility index (Phi) is 7.63. The highest BCUT2D eigenvalue weighted by molar-refractivity contribution is 6.35. The van der Waals surface area contributed by atoms with Crippen LogP contribution in [0.3, 0.4) is 0 Å². The zero-order chi connectivity index (χ0) is 22.3. The molecule has 1 saturated heterocycles. The Morgan fingerprint density at radius 3 is 2.23 bits per heavy atom. The molecule has 1 fully saturated rings. The number of nitrogens with one attached hydrogen (secondary N) is 2. The van der Waals surface area contributed by atoms with Gasteiger partial charge in [0.05, 0.1) is 0 Å². The van der Waals surface area contributed by atoms with Crippen LogP contribution in [0.2, 0.25) is 0 Å². The smallest absolute Gasteiger partial charge is 0.311 e. The Hall–Kier alpha value is -2.93. The van der Waals surface area contributed by atoms with E-state index in [1.165, 1.54) is 17.0 Å². The lowest BCUT2D eigenvalue weighted by Gasteiger charge is -2.42. The van der Waals surface area contributed by atoms with Gasteiger partial charge in [-0.3, -0.25) is 14.4 Å². The van der Waals surface area contributed by atoms with E-state index >= 15 is 0 Å². The van der Waals surface area contributed by atoms with Crippen LogP contribution in [0.5, 0.6) is 0 Å². The molecule has 164 valence electrons. The second-order valence-electron chi connectivity index (χ2n) is 7.66. The van der Waals surface area contributed by atoms with Gasteiger partial charge in [-0.2, -0.15) is 0 Å². The highest BCUT2D eigenvalue weighted by Crippen LogP contribution is 2.35. The maximum atomic E-state index is 13.0. The molecule has 0 saturated carbocycles. The fourth-order valence-electron chi connectivity index (χ4n) is 3.82. The number of piperidine rings is 1. The summed E-state index contributed by atoms with van der Waals surface area (Å²) in [6, 6.07) is 15.6. The topological polar surface area (TPSA) is 78.5 Å². The first kappa shape index (κ1) is 22.7. The number of benzene rings is 2. The fourth-order valence-corrected chi connectivity index (χ4v) is 3.91. The maximum absolute atomic E-state index is 13.0. The van der Waals surface area contributed by atoms with Crippen molar-refractivity contribution in [1.29, 1.82) is 0 Å². The highest BCUT2D eigenvalue weighted by Gasteiger charge is 2.38. The van der Waals surface area contributed by atoms with Gasteiger partial charge in [0.25, 0.3) is 0 Å². The number of rotatable bonds is 6. The summed E-state index contributed by atoms with van der Waals surface area (Å²) in [6.07, 6.45) is 1.22. The average molecular weight is 446 g/mol. The van der Waals surface area contributed by atoms with Gasteiger partial charge in [-0.15, -0.1) is 11.6 Å². The van der Waals surface area contributed by atoms with Crippen molar-refractivity contribution in [2.75, 3.05) is 25.5 Å².